The van der Waals surface area contributed by atoms with E-state index in [1.807, 2.05) is 6.92 Å². The molecule has 1 aromatic rings. The second-order valence-corrected chi connectivity index (χ2v) is 5.03. The van der Waals surface area contributed by atoms with E-state index < -0.39 is 0 Å². The lowest BCUT2D eigenvalue weighted by molar-refractivity contribution is 0.296. The minimum absolute atomic E-state index is 0.00848. The van der Waals surface area contributed by atoms with Crippen LogP contribution in [0.25, 0.3) is 0 Å². The smallest absolute Gasteiger partial charge is 0.123 e. The molecule has 16 heavy (non-hydrogen) atoms. The number of hydrogen-bond donors (Lipinski definition) is 2. The first-order valence-corrected chi connectivity index (χ1v) is 6.43. The summed E-state index contributed by atoms with van der Waals surface area (Å²) in [5, 5.41) is 8.89. The number of aliphatic hydroxyl groups excluding tert-OH is 1. The highest BCUT2D eigenvalue weighted by Gasteiger charge is 2.16. The molecule has 1 rings (SSSR count). The topological polar surface area (TPSA) is 46.2 Å². The molecule has 3 N–H and O–H groups in total. The molecule has 0 amide bonds. The van der Waals surface area contributed by atoms with Crippen LogP contribution in [0.1, 0.15) is 24.2 Å². The maximum Gasteiger partial charge on any atom is 0.123 e. The second-order valence-electron chi connectivity index (χ2n) is 3.78. The van der Waals surface area contributed by atoms with Gasteiger partial charge in [0, 0.05) is 17.9 Å². The third-order valence-corrected chi connectivity index (χ3v) is 3.86. The summed E-state index contributed by atoms with van der Waals surface area (Å²) in [4.78, 5) is 0. The molecule has 2 atom stereocenters. The van der Waals surface area contributed by atoms with E-state index in [0.29, 0.717) is 0 Å². The molecule has 0 fully saturated rings. The quantitative estimate of drug-likeness (QED) is 0.754. The molecular weight excluding hydrogens is 225 g/mol. The van der Waals surface area contributed by atoms with E-state index in [9.17, 15) is 4.39 Å². The Kier molecular flexibility index (Phi) is 5.80. The van der Waals surface area contributed by atoms with Crippen LogP contribution in [0.3, 0.4) is 0 Å². The SMILES string of the molecule is CC(N)C(SCCCO)c1ccc(F)cc1. The van der Waals surface area contributed by atoms with Crippen molar-refractivity contribution in [2.75, 3.05) is 12.4 Å². The Morgan fingerprint density at radius 3 is 2.50 bits per heavy atom. The van der Waals surface area contributed by atoms with Gasteiger partial charge in [0.2, 0.25) is 0 Å². The first-order chi connectivity index (χ1) is 7.65. The van der Waals surface area contributed by atoms with Gasteiger partial charge in [-0.05, 0) is 36.8 Å². The molecule has 0 saturated carbocycles. The van der Waals surface area contributed by atoms with Gasteiger partial charge in [0.1, 0.15) is 5.82 Å². The molecule has 1 aromatic carbocycles. The van der Waals surface area contributed by atoms with Crippen molar-refractivity contribution in [2.24, 2.45) is 5.73 Å². The molecule has 0 radical (unpaired) electrons. The summed E-state index contributed by atoms with van der Waals surface area (Å²) in [6.45, 7) is 2.14. The van der Waals surface area contributed by atoms with E-state index in [0.717, 1.165) is 17.7 Å². The lowest BCUT2D eigenvalue weighted by atomic mass is 10.1. The number of aliphatic hydroxyl groups is 1. The maximum absolute atomic E-state index is 12.8. The standard InChI is InChI=1S/C12H18FNOS/c1-9(14)12(16-8-2-7-15)10-3-5-11(13)6-4-10/h3-6,9,12,15H,2,7-8,14H2,1H3. The zero-order valence-corrected chi connectivity index (χ0v) is 10.2. The van der Waals surface area contributed by atoms with Crippen LogP contribution in [-0.2, 0) is 0 Å². The van der Waals surface area contributed by atoms with Crippen LogP contribution in [0.15, 0.2) is 24.3 Å². The van der Waals surface area contributed by atoms with Crippen molar-refractivity contribution >= 4 is 11.8 Å². The first-order valence-electron chi connectivity index (χ1n) is 5.38. The highest BCUT2D eigenvalue weighted by molar-refractivity contribution is 7.99. The fraction of sp³-hybridized carbons (Fsp3) is 0.500. The maximum atomic E-state index is 12.8. The van der Waals surface area contributed by atoms with Gasteiger partial charge < -0.3 is 10.8 Å². The lowest BCUT2D eigenvalue weighted by Crippen LogP contribution is -2.23. The van der Waals surface area contributed by atoms with E-state index >= 15 is 0 Å². The van der Waals surface area contributed by atoms with Gasteiger partial charge in [-0.2, -0.15) is 11.8 Å². The molecule has 0 aliphatic heterocycles. The van der Waals surface area contributed by atoms with Gasteiger partial charge in [0.15, 0.2) is 0 Å². The third-order valence-electron chi connectivity index (χ3n) is 2.28. The highest BCUT2D eigenvalue weighted by atomic mass is 32.2. The van der Waals surface area contributed by atoms with Crippen molar-refractivity contribution < 1.29 is 9.50 Å². The number of thioether (sulfide) groups is 1. The fourth-order valence-corrected chi connectivity index (χ4v) is 2.68. The zero-order chi connectivity index (χ0) is 12.0. The van der Waals surface area contributed by atoms with Crippen LogP contribution in [0, 0.1) is 5.82 Å². The Morgan fingerprint density at radius 2 is 2.00 bits per heavy atom. The molecule has 0 heterocycles. The van der Waals surface area contributed by atoms with Crippen molar-refractivity contribution in [2.45, 2.75) is 24.6 Å². The molecule has 0 aliphatic rings. The third kappa shape index (κ3) is 4.12. The Labute approximate surface area is 100 Å². The Hall–Kier alpha value is -0.580. The summed E-state index contributed by atoms with van der Waals surface area (Å²) in [6, 6.07) is 6.47. The molecule has 2 unspecified atom stereocenters. The Morgan fingerprint density at radius 1 is 1.38 bits per heavy atom. The molecule has 0 saturated heterocycles. The Bertz CT molecular complexity index is 302. The van der Waals surface area contributed by atoms with Crippen LogP contribution < -0.4 is 5.73 Å². The van der Waals surface area contributed by atoms with Gasteiger partial charge in [0.25, 0.3) is 0 Å². The van der Waals surface area contributed by atoms with Crippen LogP contribution in [-0.4, -0.2) is 23.5 Å². The highest BCUT2D eigenvalue weighted by Crippen LogP contribution is 2.31. The summed E-state index contributed by atoms with van der Waals surface area (Å²) < 4.78 is 12.8. The van der Waals surface area contributed by atoms with Crippen molar-refractivity contribution in [1.29, 1.82) is 0 Å². The molecule has 0 aromatic heterocycles. The largest absolute Gasteiger partial charge is 0.396 e. The van der Waals surface area contributed by atoms with Crippen molar-refractivity contribution in [3.8, 4) is 0 Å². The summed E-state index contributed by atoms with van der Waals surface area (Å²) in [5.74, 6) is 0.632. The van der Waals surface area contributed by atoms with E-state index in [1.165, 1.54) is 12.1 Å². The molecule has 0 aliphatic carbocycles. The average molecular weight is 243 g/mol. The van der Waals surface area contributed by atoms with Crippen LogP contribution in [0.2, 0.25) is 0 Å². The summed E-state index contributed by atoms with van der Waals surface area (Å²) >= 11 is 1.71. The monoisotopic (exact) mass is 243 g/mol. The van der Waals surface area contributed by atoms with E-state index in [-0.39, 0.29) is 23.7 Å². The van der Waals surface area contributed by atoms with E-state index in [4.69, 9.17) is 10.8 Å². The van der Waals surface area contributed by atoms with Crippen LogP contribution in [0.4, 0.5) is 4.39 Å². The summed E-state index contributed by atoms with van der Waals surface area (Å²) in [6.07, 6.45) is 0.759. The van der Waals surface area contributed by atoms with Crippen molar-refractivity contribution in [1.82, 2.24) is 0 Å². The predicted molar refractivity (Wildman–Crippen MR) is 67.0 cm³/mol. The second kappa shape index (κ2) is 6.89. The number of rotatable bonds is 6. The number of halogens is 1. The summed E-state index contributed by atoms with van der Waals surface area (Å²) in [7, 11) is 0. The molecule has 2 nitrogen and oxygen atoms in total. The minimum Gasteiger partial charge on any atom is -0.396 e. The molecule has 90 valence electrons. The molecule has 0 bridgehead atoms. The van der Waals surface area contributed by atoms with Gasteiger partial charge in [-0.1, -0.05) is 12.1 Å². The van der Waals surface area contributed by atoms with Gasteiger partial charge in [-0.3, -0.25) is 0 Å². The van der Waals surface area contributed by atoms with E-state index in [1.54, 1.807) is 23.9 Å². The van der Waals surface area contributed by atoms with Crippen LogP contribution in [0.5, 0.6) is 0 Å². The molecule has 4 heteroatoms. The van der Waals surface area contributed by atoms with Crippen molar-refractivity contribution in [3.05, 3.63) is 35.6 Å². The fourth-order valence-electron chi connectivity index (χ4n) is 1.48. The molecule has 0 spiro atoms. The van der Waals surface area contributed by atoms with Gasteiger partial charge in [-0.25, -0.2) is 4.39 Å². The zero-order valence-electron chi connectivity index (χ0n) is 9.40. The first kappa shape index (κ1) is 13.5. The molecular formula is C12H18FNOS. The van der Waals surface area contributed by atoms with Gasteiger partial charge >= 0.3 is 0 Å². The predicted octanol–water partition coefficient (Wildman–Crippen LogP) is 2.33. The number of hydrogen-bond acceptors (Lipinski definition) is 3. The lowest BCUT2D eigenvalue weighted by Gasteiger charge is -2.20. The van der Waals surface area contributed by atoms with Gasteiger partial charge in [-0.15, -0.1) is 0 Å². The number of nitrogens with two attached hydrogens (primary N) is 1. The van der Waals surface area contributed by atoms with Crippen molar-refractivity contribution in [3.63, 3.8) is 0 Å². The van der Waals surface area contributed by atoms with E-state index in [2.05, 4.69) is 0 Å². The number of benzene rings is 1. The normalized spacial score (nSPS) is 14.8. The average Bonchev–Trinajstić information content (AvgIpc) is 2.26. The Balaban J connectivity index is 2.65. The minimum atomic E-state index is -0.229. The van der Waals surface area contributed by atoms with Crippen LogP contribution >= 0.6 is 11.8 Å². The summed E-state index contributed by atoms with van der Waals surface area (Å²) in [5.41, 5.74) is 6.95. The van der Waals surface area contributed by atoms with Gasteiger partial charge in [0.05, 0.1) is 0 Å².